The van der Waals surface area contributed by atoms with Crippen molar-refractivity contribution in [1.82, 2.24) is 14.9 Å². The van der Waals surface area contributed by atoms with Gasteiger partial charge in [0.25, 0.3) is 0 Å². The lowest BCUT2D eigenvalue weighted by atomic mass is 10.2. The minimum absolute atomic E-state index is 0.322. The zero-order valence-electron chi connectivity index (χ0n) is 12.5. The molecule has 22 heavy (non-hydrogen) atoms. The van der Waals surface area contributed by atoms with Gasteiger partial charge in [-0.05, 0) is 24.6 Å². The van der Waals surface area contributed by atoms with E-state index in [2.05, 4.69) is 19.8 Å². The third-order valence-corrected chi connectivity index (χ3v) is 4.00. The van der Waals surface area contributed by atoms with Crippen molar-refractivity contribution < 1.29 is 5.11 Å². The van der Waals surface area contributed by atoms with Gasteiger partial charge in [0.15, 0.2) is 0 Å². The van der Waals surface area contributed by atoms with Crippen molar-refractivity contribution in [3.63, 3.8) is 0 Å². The summed E-state index contributed by atoms with van der Waals surface area (Å²) in [5.41, 5.74) is 1.13. The largest absolute Gasteiger partial charge is 0.508 e. The van der Waals surface area contributed by atoms with Crippen LogP contribution in [0.4, 0.5) is 5.82 Å². The van der Waals surface area contributed by atoms with Crippen LogP contribution < -0.4 is 4.90 Å². The van der Waals surface area contributed by atoms with Crippen LogP contribution in [0.15, 0.2) is 30.3 Å². The standard InChI is InChI=1S/C16H19ClN4O/c1-12-18-15(17)10-16(19-12)21-7-5-20(6-8-21)11-13-3-2-4-14(22)9-13/h2-4,9-10,22H,5-8,11H2,1H3. The van der Waals surface area contributed by atoms with E-state index in [0.717, 1.165) is 44.1 Å². The van der Waals surface area contributed by atoms with Crippen molar-refractivity contribution in [2.75, 3.05) is 31.1 Å². The van der Waals surface area contributed by atoms with Crippen LogP contribution >= 0.6 is 11.6 Å². The van der Waals surface area contributed by atoms with Gasteiger partial charge < -0.3 is 10.0 Å². The summed E-state index contributed by atoms with van der Waals surface area (Å²) in [6.07, 6.45) is 0. The van der Waals surface area contributed by atoms with Gasteiger partial charge in [0.05, 0.1) is 0 Å². The molecular formula is C16H19ClN4O. The molecule has 1 aliphatic rings. The summed E-state index contributed by atoms with van der Waals surface area (Å²) >= 11 is 6.01. The summed E-state index contributed by atoms with van der Waals surface area (Å²) in [7, 11) is 0. The number of aryl methyl sites for hydroxylation is 1. The van der Waals surface area contributed by atoms with Crippen molar-refractivity contribution in [2.45, 2.75) is 13.5 Å². The van der Waals surface area contributed by atoms with Gasteiger partial charge in [0.1, 0.15) is 22.5 Å². The average Bonchev–Trinajstić information content (AvgIpc) is 2.47. The Labute approximate surface area is 135 Å². The molecule has 1 aromatic carbocycles. The smallest absolute Gasteiger partial charge is 0.134 e. The molecular weight excluding hydrogens is 300 g/mol. The molecule has 6 heteroatoms. The lowest BCUT2D eigenvalue weighted by Crippen LogP contribution is -2.46. The van der Waals surface area contributed by atoms with E-state index in [1.54, 1.807) is 6.07 Å². The molecule has 0 radical (unpaired) electrons. The SMILES string of the molecule is Cc1nc(Cl)cc(N2CCN(Cc3cccc(O)c3)CC2)n1. The Morgan fingerprint density at radius 3 is 2.59 bits per heavy atom. The molecule has 1 saturated heterocycles. The molecule has 5 nitrogen and oxygen atoms in total. The molecule has 1 aromatic heterocycles. The van der Waals surface area contributed by atoms with E-state index < -0.39 is 0 Å². The maximum absolute atomic E-state index is 9.53. The predicted octanol–water partition coefficient (Wildman–Crippen LogP) is 2.47. The monoisotopic (exact) mass is 318 g/mol. The van der Waals surface area contributed by atoms with E-state index in [9.17, 15) is 5.11 Å². The maximum atomic E-state index is 9.53. The van der Waals surface area contributed by atoms with Crippen molar-refractivity contribution in [1.29, 1.82) is 0 Å². The highest BCUT2D eigenvalue weighted by molar-refractivity contribution is 6.29. The van der Waals surface area contributed by atoms with Crippen LogP contribution in [0, 0.1) is 6.92 Å². The second kappa shape index (κ2) is 6.50. The Morgan fingerprint density at radius 2 is 1.91 bits per heavy atom. The average molecular weight is 319 g/mol. The van der Waals surface area contributed by atoms with Crippen LogP contribution in [0.25, 0.3) is 0 Å². The van der Waals surface area contributed by atoms with Gasteiger partial charge in [0, 0.05) is 38.8 Å². The zero-order chi connectivity index (χ0) is 15.5. The van der Waals surface area contributed by atoms with Crippen LogP contribution in [0.2, 0.25) is 5.15 Å². The molecule has 2 heterocycles. The number of halogens is 1. The van der Waals surface area contributed by atoms with E-state index in [4.69, 9.17) is 11.6 Å². The number of phenolic OH excluding ortho intramolecular Hbond substituents is 1. The Balaban J connectivity index is 1.60. The molecule has 0 aliphatic carbocycles. The summed E-state index contributed by atoms with van der Waals surface area (Å²) in [5, 5.41) is 10.0. The molecule has 0 bridgehead atoms. The number of rotatable bonds is 3. The second-order valence-electron chi connectivity index (χ2n) is 5.53. The van der Waals surface area contributed by atoms with Crippen LogP contribution in [0.1, 0.15) is 11.4 Å². The third-order valence-electron chi connectivity index (χ3n) is 3.81. The molecule has 0 unspecified atom stereocenters. The molecule has 1 fully saturated rings. The topological polar surface area (TPSA) is 52.5 Å². The van der Waals surface area contributed by atoms with Gasteiger partial charge in [-0.2, -0.15) is 0 Å². The van der Waals surface area contributed by atoms with Crippen molar-refractivity contribution in [2.24, 2.45) is 0 Å². The number of hydrogen-bond donors (Lipinski definition) is 1. The van der Waals surface area contributed by atoms with Gasteiger partial charge in [0.2, 0.25) is 0 Å². The molecule has 116 valence electrons. The highest BCUT2D eigenvalue weighted by Gasteiger charge is 2.19. The van der Waals surface area contributed by atoms with Crippen molar-refractivity contribution in [3.05, 3.63) is 46.9 Å². The maximum Gasteiger partial charge on any atom is 0.134 e. The summed E-state index contributed by atoms with van der Waals surface area (Å²) in [4.78, 5) is 13.2. The Morgan fingerprint density at radius 1 is 1.14 bits per heavy atom. The zero-order valence-corrected chi connectivity index (χ0v) is 13.3. The number of benzene rings is 1. The Kier molecular flexibility index (Phi) is 4.45. The van der Waals surface area contributed by atoms with E-state index in [-0.39, 0.29) is 0 Å². The van der Waals surface area contributed by atoms with Crippen LogP contribution in [0.3, 0.4) is 0 Å². The number of hydrogen-bond acceptors (Lipinski definition) is 5. The van der Waals surface area contributed by atoms with E-state index in [0.29, 0.717) is 16.7 Å². The minimum atomic E-state index is 0.322. The van der Waals surface area contributed by atoms with E-state index in [1.165, 1.54) is 0 Å². The second-order valence-corrected chi connectivity index (χ2v) is 5.92. The fourth-order valence-electron chi connectivity index (χ4n) is 2.73. The number of phenols is 1. The van der Waals surface area contributed by atoms with E-state index in [1.807, 2.05) is 31.2 Å². The first-order valence-electron chi connectivity index (χ1n) is 7.36. The lowest BCUT2D eigenvalue weighted by molar-refractivity contribution is 0.249. The molecule has 0 amide bonds. The number of nitrogens with zero attached hydrogens (tertiary/aromatic N) is 4. The fourth-order valence-corrected chi connectivity index (χ4v) is 2.95. The Bertz CT molecular complexity index is 636. The molecule has 3 rings (SSSR count). The minimum Gasteiger partial charge on any atom is -0.508 e. The predicted molar refractivity (Wildman–Crippen MR) is 87.4 cm³/mol. The first-order chi connectivity index (χ1) is 10.6. The number of anilines is 1. The van der Waals surface area contributed by atoms with Crippen LogP contribution in [-0.2, 0) is 6.54 Å². The molecule has 0 saturated carbocycles. The molecule has 0 spiro atoms. The van der Waals surface area contributed by atoms with Crippen LogP contribution in [-0.4, -0.2) is 46.2 Å². The van der Waals surface area contributed by atoms with Crippen molar-refractivity contribution in [3.8, 4) is 5.75 Å². The highest BCUT2D eigenvalue weighted by Crippen LogP contribution is 2.19. The molecule has 1 aliphatic heterocycles. The van der Waals surface area contributed by atoms with Gasteiger partial charge in [-0.25, -0.2) is 9.97 Å². The summed E-state index contributed by atoms with van der Waals surface area (Å²) in [6, 6.07) is 9.26. The number of aromatic hydroxyl groups is 1. The molecule has 1 N–H and O–H groups in total. The quantitative estimate of drug-likeness (QED) is 0.881. The normalized spacial score (nSPS) is 16.0. The fraction of sp³-hybridized carbons (Fsp3) is 0.375. The lowest BCUT2D eigenvalue weighted by Gasteiger charge is -2.35. The summed E-state index contributed by atoms with van der Waals surface area (Å²) in [5.74, 6) is 1.92. The summed E-state index contributed by atoms with van der Waals surface area (Å²) < 4.78 is 0. The highest BCUT2D eigenvalue weighted by atomic mass is 35.5. The molecule has 2 aromatic rings. The first kappa shape index (κ1) is 15.1. The first-order valence-corrected chi connectivity index (χ1v) is 7.74. The molecule has 0 atom stereocenters. The Hall–Kier alpha value is -1.85. The van der Waals surface area contributed by atoms with Crippen molar-refractivity contribution >= 4 is 17.4 Å². The van der Waals surface area contributed by atoms with Gasteiger partial charge >= 0.3 is 0 Å². The number of aromatic nitrogens is 2. The number of piperazine rings is 1. The third kappa shape index (κ3) is 3.67. The van der Waals surface area contributed by atoms with E-state index >= 15 is 0 Å². The van der Waals surface area contributed by atoms with Gasteiger partial charge in [-0.3, -0.25) is 4.90 Å². The van der Waals surface area contributed by atoms with Gasteiger partial charge in [-0.1, -0.05) is 23.7 Å². The van der Waals surface area contributed by atoms with Crippen LogP contribution in [0.5, 0.6) is 5.75 Å². The van der Waals surface area contributed by atoms with Gasteiger partial charge in [-0.15, -0.1) is 0 Å². The summed E-state index contributed by atoms with van der Waals surface area (Å²) in [6.45, 7) is 6.43.